The van der Waals surface area contributed by atoms with Crippen molar-refractivity contribution >= 4 is 35.3 Å². The molecule has 0 aliphatic rings. The van der Waals surface area contributed by atoms with E-state index in [9.17, 15) is 0 Å². The zero-order valence-electron chi connectivity index (χ0n) is 8.52. The molecule has 2 rings (SSSR count). The van der Waals surface area contributed by atoms with Crippen molar-refractivity contribution in [2.75, 3.05) is 0 Å². The lowest BCUT2D eigenvalue weighted by Crippen LogP contribution is -1.96. The molecule has 0 atom stereocenters. The standard InChI is InChI=1S/C11H11ClN2S.ClH/c12-9-3-1-2-8(4-9)5-11-14-10(6-13)7-15-11;/h1-4,7H,5-6,13H2;1H. The van der Waals surface area contributed by atoms with Gasteiger partial charge in [-0.3, -0.25) is 0 Å². The second-order valence-corrected chi connectivity index (χ2v) is 4.62. The third kappa shape index (κ3) is 3.46. The maximum absolute atomic E-state index is 5.91. The van der Waals surface area contributed by atoms with Crippen LogP contribution in [0.4, 0.5) is 0 Å². The van der Waals surface area contributed by atoms with Gasteiger partial charge in [-0.15, -0.1) is 23.7 Å². The summed E-state index contributed by atoms with van der Waals surface area (Å²) in [6.07, 6.45) is 0.825. The lowest BCUT2D eigenvalue weighted by molar-refractivity contribution is 0.982. The Balaban J connectivity index is 0.00000128. The van der Waals surface area contributed by atoms with E-state index in [0.29, 0.717) is 6.54 Å². The predicted molar refractivity (Wildman–Crippen MR) is 71.5 cm³/mol. The first-order chi connectivity index (χ1) is 7.28. The largest absolute Gasteiger partial charge is 0.325 e. The number of hydrogen-bond acceptors (Lipinski definition) is 3. The Bertz CT molecular complexity index is 457. The molecule has 0 unspecified atom stereocenters. The van der Waals surface area contributed by atoms with Gasteiger partial charge in [0, 0.05) is 23.4 Å². The number of thiazole rings is 1. The summed E-state index contributed by atoms with van der Waals surface area (Å²) in [5.41, 5.74) is 7.64. The van der Waals surface area contributed by atoms with Crippen molar-refractivity contribution in [3.8, 4) is 0 Å². The second kappa shape index (κ2) is 6.21. The van der Waals surface area contributed by atoms with Crippen LogP contribution in [0.15, 0.2) is 29.6 Å². The van der Waals surface area contributed by atoms with Gasteiger partial charge in [0.1, 0.15) is 0 Å². The minimum absolute atomic E-state index is 0. The number of aromatic nitrogens is 1. The average molecular weight is 275 g/mol. The van der Waals surface area contributed by atoms with Gasteiger partial charge in [-0.05, 0) is 17.7 Å². The Hall–Kier alpha value is -0.610. The molecule has 2 aromatic rings. The van der Waals surface area contributed by atoms with Crippen LogP contribution >= 0.6 is 35.3 Å². The van der Waals surface area contributed by atoms with Crippen LogP contribution in [0.25, 0.3) is 0 Å². The van der Waals surface area contributed by atoms with Gasteiger partial charge in [0.2, 0.25) is 0 Å². The van der Waals surface area contributed by atoms with E-state index in [0.717, 1.165) is 22.1 Å². The molecule has 0 aliphatic heterocycles. The van der Waals surface area contributed by atoms with Crippen LogP contribution in [0.3, 0.4) is 0 Å². The van der Waals surface area contributed by atoms with Crippen molar-refractivity contribution in [3.05, 3.63) is 50.9 Å². The van der Waals surface area contributed by atoms with E-state index in [4.69, 9.17) is 17.3 Å². The highest BCUT2D eigenvalue weighted by atomic mass is 35.5. The lowest BCUT2D eigenvalue weighted by Gasteiger charge is -1.98. The molecule has 2 N–H and O–H groups in total. The summed E-state index contributed by atoms with van der Waals surface area (Å²) in [5, 5.41) is 3.85. The molecule has 0 fully saturated rings. The number of benzene rings is 1. The fourth-order valence-electron chi connectivity index (χ4n) is 1.35. The Morgan fingerprint density at radius 1 is 1.38 bits per heavy atom. The van der Waals surface area contributed by atoms with Gasteiger partial charge in [-0.2, -0.15) is 0 Å². The summed E-state index contributed by atoms with van der Waals surface area (Å²) >= 11 is 7.55. The number of rotatable bonds is 3. The summed E-state index contributed by atoms with van der Waals surface area (Å²) in [4.78, 5) is 4.40. The normalized spacial score (nSPS) is 9.88. The van der Waals surface area contributed by atoms with E-state index >= 15 is 0 Å². The topological polar surface area (TPSA) is 38.9 Å². The molecule has 0 aliphatic carbocycles. The fourth-order valence-corrected chi connectivity index (χ4v) is 2.40. The Morgan fingerprint density at radius 2 is 2.19 bits per heavy atom. The molecule has 5 heteroatoms. The minimum Gasteiger partial charge on any atom is -0.325 e. The van der Waals surface area contributed by atoms with Crippen molar-refractivity contribution in [3.63, 3.8) is 0 Å². The van der Waals surface area contributed by atoms with E-state index in [1.54, 1.807) is 11.3 Å². The van der Waals surface area contributed by atoms with Crippen LogP contribution in [0.2, 0.25) is 5.02 Å². The van der Waals surface area contributed by atoms with E-state index < -0.39 is 0 Å². The molecule has 1 heterocycles. The molecule has 1 aromatic carbocycles. The number of hydrogen-bond donors (Lipinski definition) is 1. The third-order valence-electron chi connectivity index (χ3n) is 2.05. The maximum atomic E-state index is 5.91. The van der Waals surface area contributed by atoms with Gasteiger partial charge in [0.25, 0.3) is 0 Å². The van der Waals surface area contributed by atoms with Crippen molar-refractivity contribution in [1.29, 1.82) is 0 Å². The molecule has 0 amide bonds. The van der Waals surface area contributed by atoms with Crippen molar-refractivity contribution in [2.24, 2.45) is 5.73 Å². The first-order valence-electron chi connectivity index (χ1n) is 4.65. The van der Waals surface area contributed by atoms with Crippen molar-refractivity contribution < 1.29 is 0 Å². The highest BCUT2D eigenvalue weighted by Gasteiger charge is 2.02. The zero-order valence-corrected chi connectivity index (χ0v) is 10.9. The molecule has 16 heavy (non-hydrogen) atoms. The number of nitrogens with two attached hydrogens (primary N) is 1. The van der Waals surface area contributed by atoms with Crippen LogP contribution in [0, 0.1) is 0 Å². The second-order valence-electron chi connectivity index (χ2n) is 3.24. The number of halogens is 2. The first-order valence-corrected chi connectivity index (χ1v) is 5.91. The molecule has 2 nitrogen and oxygen atoms in total. The Kier molecular flexibility index (Phi) is 5.22. The fraction of sp³-hybridized carbons (Fsp3) is 0.182. The van der Waals surface area contributed by atoms with Crippen LogP contribution in [-0.4, -0.2) is 4.98 Å². The molecular formula is C11H12Cl2N2S. The summed E-state index contributed by atoms with van der Waals surface area (Å²) in [7, 11) is 0. The van der Waals surface area contributed by atoms with E-state index in [1.165, 1.54) is 5.56 Å². The van der Waals surface area contributed by atoms with Crippen LogP contribution in [-0.2, 0) is 13.0 Å². The molecule has 0 bridgehead atoms. The monoisotopic (exact) mass is 274 g/mol. The molecule has 0 saturated carbocycles. The van der Waals surface area contributed by atoms with Gasteiger partial charge in [0.15, 0.2) is 0 Å². The minimum atomic E-state index is 0. The average Bonchev–Trinajstić information content (AvgIpc) is 2.65. The Labute approximate surface area is 110 Å². The van der Waals surface area contributed by atoms with Gasteiger partial charge in [-0.25, -0.2) is 4.98 Å². The highest BCUT2D eigenvalue weighted by molar-refractivity contribution is 7.09. The highest BCUT2D eigenvalue weighted by Crippen LogP contribution is 2.17. The molecule has 0 radical (unpaired) electrons. The van der Waals surface area contributed by atoms with Gasteiger partial charge >= 0.3 is 0 Å². The molecule has 86 valence electrons. The van der Waals surface area contributed by atoms with Crippen LogP contribution in [0.1, 0.15) is 16.3 Å². The van der Waals surface area contributed by atoms with E-state index in [-0.39, 0.29) is 12.4 Å². The molecule has 0 spiro atoms. The number of nitrogens with zero attached hydrogens (tertiary/aromatic N) is 1. The molecular weight excluding hydrogens is 263 g/mol. The van der Waals surface area contributed by atoms with E-state index in [2.05, 4.69) is 11.1 Å². The van der Waals surface area contributed by atoms with E-state index in [1.807, 2.05) is 23.6 Å². The van der Waals surface area contributed by atoms with Gasteiger partial charge in [0.05, 0.1) is 10.7 Å². The predicted octanol–water partition coefficient (Wildman–Crippen LogP) is 3.27. The smallest absolute Gasteiger partial charge is 0.0972 e. The maximum Gasteiger partial charge on any atom is 0.0972 e. The zero-order chi connectivity index (χ0) is 10.7. The van der Waals surface area contributed by atoms with Crippen molar-refractivity contribution in [1.82, 2.24) is 4.98 Å². The van der Waals surface area contributed by atoms with Gasteiger partial charge < -0.3 is 5.73 Å². The lowest BCUT2D eigenvalue weighted by atomic mass is 10.2. The summed E-state index contributed by atoms with van der Waals surface area (Å²) in [6.45, 7) is 0.506. The first kappa shape index (κ1) is 13.5. The quantitative estimate of drug-likeness (QED) is 0.933. The van der Waals surface area contributed by atoms with Crippen LogP contribution < -0.4 is 5.73 Å². The Morgan fingerprint density at radius 3 is 2.81 bits per heavy atom. The summed E-state index contributed by atoms with van der Waals surface area (Å²) < 4.78 is 0. The molecule has 0 saturated heterocycles. The van der Waals surface area contributed by atoms with Crippen LogP contribution in [0.5, 0.6) is 0 Å². The third-order valence-corrected chi connectivity index (χ3v) is 3.19. The molecule has 1 aromatic heterocycles. The SMILES string of the molecule is Cl.NCc1csc(Cc2cccc(Cl)c2)n1. The van der Waals surface area contributed by atoms with Gasteiger partial charge in [-0.1, -0.05) is 23.7 Å². The summed E-state index contributed by atoms with van der Waals surface area (Å²) in [5.74, 6) is 0. The summed E-state index contributed by atoms with van der Waals surface area (Å²) in [6, 6.07) is 7.84. The van der Waals surface area contributed by atoms with Crippen molar-refractivity contribution in [2.45, 2.75) is 13.0 Å².